The monoisotopic (exact) mass is 1620 g/mol. The van der Waals surface area contributed by atoms with Gasteiger partial charge in [-0.05, 0) is 90.6 Å². The Morgan fingerprint density at radius 3 is 0.623 bits per heavy atom. The lowest BCUT2D eigenvalue weighted by Gasteiger charge is -2.35. The zero-order valence-corrected chi connectivity index (χ0v) is 64.4. The molecule has 4 aliphatic rings. The molecule has 0 bridgehead atoms. The Morgan fingerprint density at radius 2 is 0.421 bits per heavy atom. The summed E-state index contributed by atoms with van der Waals surface area (Å²) in [6.07, 6.45) is 3.91. The second kappa shape index (κ2) is 52.8. The highest BCUT2D eigenvalue weighted by atomic mass is 16.4. The van der Waals surface area contributed by atoms with Crippen molar-refractivity contribution in [3.63, 3.8) is 0 Å². The van der Waals surface area contributed by atoms with Gasteiger partial charge in [-0.15, -0.1) is 0 Å². The van der Waals surface area contributed by atoms with Crippen LogP contribution in [-0.4, -0.2) is 450 Å². The van der Waals surface area contributed by atoms with E-state index >= 15 is 0 Å². The first-order valence-electron chi connectivity index (χ1n) is 38.1. The third-order valence-corrected chi connectivity index (χ3v) is 19.9. The fraction of sp³-hybridized carbons (Fsp3) is 0.771. The molecule has 2 N–H and O–H groups in total. The number of Topliss-reactive ketones (excluding diaryl/α,β-unsaturated/α-hetero) is 2. The van der Waals surface area contributed by atoms with Gasteiger partial charge >= 0.3 is 0 Å². The second-order valence-electron chi connectivity index (χ2n) is 29.4. The number of carboxylic acids is 12. The highest BCUT2D eigenvalue weighted by molar-refractivity contribution is 5.81. The quantitative estimate of drug-likeness (QED) is 0.0534. The molecule has 4 unspecified atom stereocenters. The van der Waals surface area contributed by atoms with Crippen molar-refractivity contribution in [3.8, 4) is 0 Å². The van der Waals surface area contributed by atoms with E-state index in [0.717, 1.165) is 19.6 Å². The smallest absolute Gasteiger partial charge is 0.234 e. The number of aliphatic carboxylic acids is 12. The Morgan fingerprint density at radius 1 is 0.237 bits per heavy atom. The molecule has 0 radical (unpaired) electrons. The number of unbranched alkanes of at least 4 members (excludes halogenated alkanes) is 3. The van der Waals surface area contributed by atoms with Crippen molar-refractivity contribution in [2.75, 3.05) is 262 Å². The molecule has 4 aliphatic heterocycles. The van der Waals surface area contributed by atoms with Crippen molar-refractivity contribution >= 4 is 95.0 Å². The maximum absolute atomic E-state index is 13.7. The van der Waals surface area contributed by atoms with E-state index in [1.54, 1.807) is 19.6 Å². The van der Waals surface area contributed by atoms with Crippen LogP contribution in [0.15, 0.2) is 0 Å². The molecule has 0 aliphatic carbocycles. The van der Waals surface area contributed by atoms with Crippen LogP contribution >= 0.6 is 0 Å². The SMILES string of the molecule is O=C([O-])CN1CCN(CC(=O)CCCCN(CCCCN(CCCCC(=O)CN2CCN(CC(=O)[O-])CC(N(CC(=O)[O-])CC(=O)[O-])C2)CCCNC(=O)CN2CCN(CC(=O)[O-])CC(N(CC(=O)[O-])CC(=O)[O-])C2)CCCNC(=O)CN2CCN(CC(=O)[O-])CC(N(CC(=O)[O-])CC(=O)[O-])C2)CC(N(CC(=O)[O-])CC(=O)[O-])C1. The number of nitrogens with one attached hydrogen (secondary N) is 2. The summed E-state index contributed by atoms with van der Waals surface area (Å²) in [4.78, 5) is 215. The minimum atomic E-state index is -1.60. The van der Waals surface area contributed by atoms with Gasteiger partial charge in [0.2, 0.25) is 11.8 Å². The fourth-order valence-electron chi connectivity index (χ4n) is 14.8. The van der Waals surface area contributed by atoms with Crippen LogP contribution in [0.4, 0.5) is 0 Å². The molecule has 0 aromatic rings. The molecule has 646 valence electrons. The maximum atomic E-state index is 13.7. The molecule has 44 nitrogen and oxygen atoms in total. The van der Waals surface area contributed by atoms with Gasteiger partial charge in [0.05, 0.1) is 97.8 Å². The Labute approximate surface area is 660 Å². The van der Waals surface area contributed by atoms with Gasteiger partial charge in [0.15, 0.2) is 0 Å². The lowest BCUT2D eigenvalue weighted by atomic mass is 10.1. The summed E-state index contributed by atoms with van der Waals surface area (Å²) in [5.41, 5.74) is 0. The van der Waals surface area contributed by atoms with E-state index in [0.29, 0.717) is 90.6 Å². The largest absolute Gasteiger partial charge is 0.549 e. The van der Waals surface area contributed by atoms with E-state index in [9.17, 15) is 138 Å². The van der Waals surface area contributed by atoms with Gasteiger partial charge in [-0.25, -0.2) is 0 Å². The molecule has 0 saturated carbocycles. The molecular weight excluding hydrogens is 1510 g/mol. The van der Waals surface area contributed by atoms with Crippen molar-refractivity contribution in [1.29, 1.82) is 0 Å². The second-order valence-corrected chi connectivity index (χ2v) is 29.4. The topological polar surface area (TPSA) is 619 Å². The Balaban J connectivity index is 1.52. The number of nitrogens with zero attached hydrogens (tertiary/aromatic N) is 14. The van der Waals surface area contributed by atoms with Crippen LogP contribution in [0.2, 0.25) is 0 Å². The van der Waals surface area contributed by atoms with Gasteiger partial charge < -0.3 is 139 Å². The van der Waals surface area contributed by atoms with E-state index in [1.165, 1.54) is 19.6 Å². The van der Waals surface area contributed by atoms with Crippen LogP contribution in [-0.2, 0) is 76.7 Å². The average molecular weight is 1620 g/mol. The van der Waals surface area contributed by atoms with Crippen LogP contribution in [0.25, 0.3) is 0 Å². The molecule has 44 heteroatoms. The Kier molecular flexibility index (Phi) is 45.2. The Hall–Kier alpha value is -8.64. The number of amides is 2. The van der Waals surface area contributed by atoms with Gasteiger partial charge in [0.25, 0.3) is 0 Å². The highest BCUT2D eigenvalue weighted by Crippen LogP contribution is 2.17. The fourth-order valence-corrected chi connectivity index (χ4v) is 14.8. The summed E-state index contributed by atoms with van der Waals surface area (Å²) in [7, 11) is 0. The number of carbonyl (C=O) groups is 16. The molecule has 0 spiro atoms. The summed E-state index contributed by atoms with van der Waals surface area (Å²) in [6.45, 7) is -5.64. The molecule has 4 rings (SSSR count). The third kappa shape index (κ3) is 43.2. The van der Waals surface area contributed by atoms with E-state index in [2.05, 4.69) is 20.4 Å². The lowest BCUT2D eigenvalue weighted by molar-refractivity contribution is -0.313. The van der Waals surface area contributed by atoms with Gasteiger partial charge in [0, 0.05) is 233 Å². The van der Waals surface area contributed by atoms with E-state index in [4.69, 9.17) is 0 Å². The van der Waals surface area contributed by atoms with Crippen molar-refractivity contribution in [3.05, 3.63) is 0 Å². The van der Waals surface area contributed by atoms with Crippen molar-refractivity contribution in [1.82, 2.24) is 79.2 Å². The Bertz CT molecular complexity index is 2720. The van der Waals surface area contributed by atoms with Gasteiger partial charge in [-0.1, -0.05) is 0 Å². The van der Waals surface area contributed by atoms with Gasteiger partial charge in [-0.3, -0.25) is 78.0 Å². The molecule has 0 aromatic carbocycles. The van der Waals surface area contributed by atoms with Crippen LogP contribution in [0.5, 0.6) is 0 Å². The van der Waals surface area contributed by atoms with Crippen LogP contribution in [0.3, 0.4) is 0 Å². The summed E-state index contributed by atoms with van der Waals surface area (Å²) in [6, 6.07) is -3.49. The summed E-state index contributed by atoms with van der Waals surface area (Å²) in [5, 5.41) is 146. The van der Waals surface area contributed by atoms with Crippen molar-refractivity contribution < 1.29 is 138 Å². The molecule has 0 aromatic heterocycles. The zero-order valence-electron chi connectivity index (χ0n) is 64.4. The van der Waals surface area contributed by atoms with E-state index in [-0.39, 0.29) is 168 Å². The minimum Gasteiger partial charge on any atom is -0.549 e. The predicted octanol–water partition coefficient (Wildman–Crippen LogP) is -23.0. The van der Waals surface area contributed by atoms with Crippen LogP contribution in [0, 0.1) is 0 Å². The molecule has 114 heavy (non-hydrogen) atoms. The first kappa shape index (κ1) is 97.7. The van der Waals surface area contributed by atoms with Crippen LogP contribution in [0.1, 0.15) is 64.2 Å². The number of carboxylic acid groups (broad SMARTS) is 12. The predicted molar refractivity (Wildman–Crippen MR) is 368 cm³/mol. The van der Waals surface area contributed by atoms with Crippen molar-refractivity contribution in [2.45, 2.75) is 88.4 Å². The number of hydrogen-bond acceptors (Lipinski definition) is 42. The molecule has 4 atom stereocenters. The number of rotatable bonds is 59. The molecular formula is C70H106N16O28-12. The molecule has 4 heterocycles. The van der Waals surface area contributed by atoms with Crippen LogP contribution < -0.4 is 71.9 Å². The molecule has 4 saturated heterocycles. The number of hydrogen-bond donors (Lipinski definition) is 2. The first-order valence-corrected chi connectivity index (χ1v) is 38.1. The summed E-state index contributed by atoms with van der Waals surface area (Å²) >= 11 is 0. The zero-order chi connectivity index (χ0) is 84.4. The normalized spacial score (nSPS) is 19.1. The number of carbonyl (C=O) groups excluding carboxylic acids is 16. The third-order valence-electron chi connectivity index (χ3n) is 19.9. The van der Waals surface area contributed by atoms with E-state index < -0.39 is 186 Å². The first-order chi connectivity index (χ1) is 53.9. The summed E-state index contributed by atoms with van der Waals surface area (Å²) in [5.74, 6) is -19.8. The van der Waals surface area contributed by atoms with Crippen molar-refractivity contribution in [2.24, 2.45) is 0 Å². The minimum absolute atomic E-state index is 0.00379. The average Bonchev–Trinajstić information content (AvgIpc) is 1.70. The molecule has 2 amide bonds. The summed E-state index contributed by atoms with van der Waals surface area (Å²) < 4.78 is 0. The molecule has 4 fully saturated rings. The standard InChI is InChI=1S/C70H118N16O28/c87-55(35-75-19-23-79(39-59(91)92)31-51(27-75)83(43-63(99)100)44-64(101)102)9-1-3-13-73(17-7-11-71-57(89)37-77-21-25-81(41-61(95)96)33-53(29-77)85(47-67(107)108)48-68(109)110)15-5-6-16-74(14-4-2-10-56(88)36-76-20-24-80(40-60(93)94)32-52(28-76)84(45-65(103)104)46-66(105)106)18-8-12-72-58(90)38-78-22-26-82(42-62(97)98)34-54(30-78)86(49-69(111)112)50-70(113)114/h51-54H,1-50H2,(H,71,89)(H,72,90)(H,91,92)(H,93,94)(H,95,96)(H,97,98)(H,99,100)(H,101,102)(H,103,104)(H,105,106)(H,107,108)(H,109,110)(H,111,112)(H,113,114)/p-12. The highest BCUT2D eigenvalue weighted by Gasteiger charge is 2.34. The van der Waals surface area contributed by atoms with Gasteiger partial charge in [-0.2, -0.15) is 0 Å². The number of ketones is 2. The van der Waals surface area contributed by atoms with E-state index in [1.807, 2.05) is 0 Å². The maximum Gasteiger partial charge on any atom is 0.234 e. The lowest BCUT2D eigenvalue weighted by Crippen LogP contribution is -2.55. The van der Waals surface area contributed by atoms with Gasteiger partial charge in [0.1, 0.15) is 11.6 Å².